The first-order valence-electron chi connectivity index (χ1n) is 6.47. The molecule has 0 saturated heterocycles. The molecule has 0 amide bonds. The highest BCUT2D eigenvalue weighted by atomic mass is 16.4. The van der Waals surface area contributed by atoms with Gasteiger partial charge in [-0.25, -0.2) is 9.78 Å². The van der Waals surface area contributed by atoms with Crippen molar-refractivity contribution in [1.29, 1.82) is 0 Å². The average molecular weight is 261 g/mol. The lowest BCUT2D eigenvalue weighted by molar-refractivity contribution is 0.0690. The van der Waals surface area contributed by atoms with Crippen LogP contribution in [0.5, 0.6) is 0 Å². The standard InChI is InChI=1S/C14H19N3O2/c1-11-5-8-17(9-6-11)10-7-15-13-4-2-3-12(16-13)14(18)19/h2-5H,6-10H2,1H3,(H,15,16)(H,18,19). The second-order valence-corrected chi connectivity index (χ2v) is 4.74. The zero-order chi connectivity index (χ0) is 13.7. The number of aromatic carboxylic acids is 1. The van der Waals surface area contributed by atoms with E-state index in [1.807, 2.05) is 0 Å². The molecule has 1 aliphatic rings. The van der Waals surface area contributed by atoms with Crippen LogP contribution in [0.1, 0.15) is 23.8 Å². The Labute approximate surface area is 113 Å². The Kier molecular flexibility index (Phi) is 4.52. The normalized spacial score (nSPS) is 15.9. The minimum atomic E-state index is -1.000. The van der Waals surface area contributed by atoms with Crippen LogP contribution in [0.25, 0.3) is 0 Å². The molecule has 1 aliphatic heterocycles. The Bertz CT molecular complexity index is 485. The lowest BCUT2D eigenvalue weighted by Gasteiger charge is -2.25. The molecule has 2 heterocycles. The van der Waals surface area contributed by atoms with Crippen molar-refractivity contribution in [2.45, 2.75) is 13.3 Å². The zero-order valence-corrected chi connectivity index (χ0v) is 11.1. The number of nitrogens with zero attached hydrogens (tertiary/aromatic N) is 2. The summed E-state index contributed by atoms with van der Waals surface area (Å²) in [5.74, 6) is -0.385. The van der Waals surface area contributed by atoms with E-state index < -0.39 is 5.97 Å². The zero-order valence-electron chi connectivity index (χ0n) is 11.1. The molecule has 5 heteroatoms. The Morgan fingerprint density at radius 1 is 1.53 bits per heavy atom. The number of hydrogen-bond acceptors (Lipinski definition) is 4. The van der Waals surface area contributed by atoms with Gasteiger partial charge in [-0.15, -0.1) is 0 Å². The van der Waals surface area contributed by atoms with Crippen LogP contribution in [-0.2, 0) is 0 Å². The molecule has 0 atom stereocenters. The van der Waals surface area contributed by atoms with E-state index >= 15 is 0 Å². The molecule has 1 aromatic rings. The molecule has 1 aromatic heterocycles. The maximum absolute atomic E-state index is 10.8. The predicted octanol–water partition coefficient (Wildman–Crippen LogP) is 1.84. The van der Waals surface area contributed by atoms with Crippen molar-refractivity contribution in [3.8, 4) is 0 Å². The fourth-order valence-electron chi connectivity index (χ4n) is 2.01. The lowest BCUT2D eigenvalue weighted by atomic mass is 10.1. The van der Waals surface area contributed by atoms with Gasteiger partial charge >= 0.3 is 5.97 Å². The van der Waals surface area contributed by atoms with Gasteiger partial charge in [0.05, 0.1) is 0 Å². The van der Waals surface area contributed by atoms with Gasteiger partial charge in [0.15, 0.2) is 5.69 Å². The van der Waals surface area contributed by atoms with Crippen LogP contribution >= 0.6 is 0 Å². The monoisotopic (exact) mass is 261 g/mol. The van der Waals surface area contributed by atoms with E-state index in [4.69, 9.17) is 5.11 Å². The van der Waals surface area contributed by atoms with Gasteiger partial charge in [-0.3, -0.25) is 4.90 Å². The molecule has 2 rings (SSSR count). The van der Waals surface area contributed by atoms with Gasteiger partial charge in [0.2, 0.25) is 0 Å². The molecular weight excluding hydrogens is 242 g/mol. The number of carbonyl (C=O) groups is 1. The van der Waals surface area contributed by atoms with E-state index in [2.05, 4.69) is 28.2 Å². The van der Waals surface area contributed by atoms with Gasteiger partial charge in [-0.1, -0.05) is 17.7 Å². The Morgan fingerprint density at radius 2 is 2.37 bits per heavy atom. The van der Waals surface area contributed by atoms with Gasteiger partial charge in [0.25, 0.3) is 0 Å². The second kappa shape index (κ2) is 6.33. The Balaban J connectivity index is 1.79. The fourth-order valence-corrected chi connectivity index (χ4v) is 2.01. The third-order valence-corrected chi connectivity index (χ3v) is 3.22. The van der Waals surface area contributed by atoms with Crippen LogP contribution in [-0.4, -0.2) is 47.1 Å². The Morgan fingerprint density at radius 3 is 3.05 bits per heavy atom. The van der Waals surface area contributed by atoms with E-state index in [0.29, 0.717) is 5.82 Å². The van der Waals surface area contributed by atoms with E-state index in [0.717, 1.165) is 32.6 Å². The summed E-state index contributed by atoms with van der Waals surface area (Å²) < 4.78 is 0. The van der Waals surface area contributed by atoms with E-state index in [-0.39, 0.29) is 5.69 Å². The first kappa shape index (κ1) is 13.5. The molecule has 0 spiro atoms. The summed E-state index contributed by atoms with van der Waals surface area (Å²) in [5, 5.41) is 12.0. The molecule has 0 saturated carbocycles. The minimum Gasteiger partial charge on any atom is -0.477 e. The Hall–Kier alpha value is -1.88. The lowest BCUT2D eigenvalue weighted by Crippen LogP contribution is -2.32. The van der Waals surface area contributed by atoms with Crippen molar-refractivity contribution in [3.05, 3.63) is 35.5 Å². The third-order valence-electron chi connectivity index (χ3n) is 3.22. The van der Waals surface area contributed by atoms with Gasteiger partial charge in [0, 0.05) is 26.2 Å². The fraction of sp³-hybridized carbons (Fsp3) is 0.429. The number of pyridine rings is 1. The maximum atomic E-state index is 10.8. The number of aromatic nitrogens is 1. The molecule has 102 valence electrons. The topological polar surface area (TPSA) is 65.5 Å². The number of carboxylic acid groups (broad SMARTS) is 1. The molecule has 0 bridgehead atoms. The smallest absolute Gasteiger partial charge is 0.354 e. The molecule has 0 radical (unpaired) electrons. The summed E-state index contributed by atoms with van der Waals surface area (Å²) in [6, 6.07) is 4.98. The maximum Gasteiger partial charge on any atom is 0.354 e. The van der Waals surface area contributed by atoms with Gasteiger partial charge < -0.3 is 10.4 Å². The molecule has 0 aromatic carbocycles. The van der Waals surface area contributed by atoms with Crippen molar-refractivity contribution in [1.82, 2.24) is 9.88 Å². The van der Waals surface area contributed by atoms with E-state index in [9.17, 15) is 4.79 Å². The number of nitrogens with one attached hydrogen (secondary N) is 1. The molecule has 19 heavy (non-hydrogen) atoms. The summed E-state index contributed by atoms with van der Waals surface area (Å²) in [4.78, 5) is 17.2. The first-order valence-corrected chi connectivity index (χ1v) is 6.47. The molecule has 0 fully saturated rings. The van der Waals surface area contributed by atoms with E-state index in [1.165, 1.54) is 11.6 Å². The predicted molar refractivity (Wildman–Crippen MR) is 74.5 cm³/mol. The number of carboxylic acids is 1. The summed E-state index contributed by atoms with van der Waals surface area (Å²) in [7, 11) is 0. The first-order chi connectivity index (χ1) is 9.15. The molecule has 5 nitrogen and oxygen atoms in total. The van der Waals surface area contributed by atoms with Crippen LogP contribution in [0.2, 0.25) is 0 Å². The number of hydrogen-bond donors (Lipinski definition) is 2. The summed E-state index contributed by atoms with van der Waals surface area (Å²) >= 11 is 0. The van der Waals surface area contributed by atoms with Gasteiger partial charge in [0.1, 0.15) is 5.82 Å². The van der Waals surface area contributed by atoms with Crippen LogP contribution in [0.3, 0.4) is 0 Å². The highest BCUT2D eigenvalue weighted by Gasteiger charge is 2.09. The quantitative estimate of drug-likeness (QED) is 0.792. The number of rotatable bonds is 5. The highest BCUT2D eigenvalue weighted by Crippen LogP contribution is 2.09. The third kappa shape index (κ3) is 4.06. The molecular formula is C14H19N3O2. The molecule has 0 unspecified atom stereocenters. The van der Waals surface area contributed by atoms with Crippen LogP contribution in [0, 0.1) is 0 Å². The van der Waals surface area contributed by atoms with Crippen molar-refractivity contribution in [2.75, 3.05) is 31.5 Å². The second-order valence-electron chi connectivity index (χ2n) is 4.74. The van der Waals surface area contributed by atoms with Crippen LogP contribution < -0.4 is 5.32 Å². The summed E-state index contributed by atoms with van der Waals surface area (Å²) in [6.07, 6.45) is 3.39. The average Bonchev–Trinajstić information content (AvgIpc) is 2.41. The summed E-state index contributed by atoms with van der Waals surface area (Å²) in [6.45, 7) is 5.95. The largest absolute Gasteiger partial charge is 0.477 e. The van der Waals surface area contributed by atoms with Crippen LogP contribution in [0.4, 0.5) is 5.82 Å². The SMILES string of the molecule is CC1=CCN(CCNc2cccc(C(=O)O)n2)CC1. The van der Waals surface area contributed by atoms with Crippen molar-refractivity contribution < 1.29 is 9.90 Å². The highest BCUT2D eigenvalue weighted by molar-refractivity contribution is 5.85. The molecule has 0 aliphatic carbocycles. The van der Waals surface area contributed by atoms with Crippen molar-refractivity contribution >= 4 is 11.8 Å². The number of anilines is 1. The van der Waals surface area contributed by atoms with Crippen molar-refractivity contribution in [2.24, 2.45) is 0 Å². The van der Waals surface area contributed by atoms with Crippen molar-refractivity contribution in [3.63, 3.8) is 0 Å². The van der Waals surface area contributed by atoms with Gasteiger partial charge in [-0.2, -0.15) is 0 Å². The summed E-state index contributed by atoms with van der Waals surface area (Å²) in [5.41, 5.74) is 1.53. The molecule has 2 N–H and O–H groups in total. The van der Waals surface area contributed by atoms with Crippen LogP contribution in [0.15, 0.2) is 29.8 Å². The minimum absolute atomic E-state index is 0.0709. The van der Waals surface area contributed by atoms with Gasteiger partial charge in [-0.05, 0) is 25.5 Å². The van der Waals surface area contributed by atoms with E-state index in [1.54, 1.807) is 12.1 Å².